The van der Waals surface area contributed by atoms with E-state index in [1.54, 1.807) is 23.1 Å². The minimum Gasteiger partial charge on any atom is -0.351 e. The summed E-state index contributed by atoms with van der Waals surface area (Å²) in [6.07, 6.45) is -4.55. The monoisotopic (exact) mass is 515 g/mol. The van der Waals surface area contributed by atoms with Crippen LogP contribution in [0.1, 0.15) is 35.3 Å². The van der Waals surface area contributed by atoms with E-state index in [4.69, 9.17) is 0 Å². The molecular weight excluding hydrogens is 491 g/mol. The smallest absolute Gasteiger partial charge is 0.351 e. The van der Waals surface area contributed by atoms with Gasteiger partial charge in [-0.25, -0.2) is 0 Å². The molecule has 4 rings (SSSR count). The van der Waals surface area contributed by atoms with Gasteiger partial charge in [-0.15, -0.1) is 4.40 Å². The fourth-order valence-electron chi connectivity index (χ4n) is 3.92. The number of para-hydroxylation sites is 1. The number of halogens is 3. The maximum atomic E-state index is 13.0. The van der Waals surface area contributed by atoms with E-state index in [1.165, 1.54) is 18.2 Å². The molecule has 0 unspecified atom stereocenters. The van der Waals surface area contributed by atoms with Crippen molar-refractivity contribution >= 4 is 27.5 Å². The highest BCUT2D eigenvalue weighted by molar-refractivity contribution is 7.90. The van der Waals surface area contributed by atoms with Crippen LogP contribution in [0.3, 0.4) is 0 Å². The van der Waals surface area contributed by atoms with Crippen LogP contribution >= 0.6 is 0 Å². The maximum Gasteiger partial charge on any atom is 0.416 e. The standard InChI is InChI=1S/C26H24F3N3O3S/c1-25(2,16-30-24(33)18-9-8-10-19(15-18)26(27,28)29)17-32(20-11-4-3-5-12-20)23-21-13-6-7-14-22(21)36(34,35)31-23/h3-15H,16-17H2,1-2H3,(H,30,33). The molecule has 1 aliphatic heterocycles. The molecular formula is C26H24F3N3O3S. The Morgan fingerprint density at radius 1 is 0.944 bits per heavy atom. The second kappa shape index (κ2) is 9.42. The molecule has 0 radical (unpaired) electrons. The van der Waals surface area contributed by atoms with Gasteiger partial charge in [0.15, 0.2) is 5.84 Å². The van der Waals surface area contributed by atoms with Crippen LogP contribution in [-0.4, -0.2) is 33.3 Å². The number of alkyl halides is 3. The van der Waals surface area contributed by atoms with Crippen LogP contribution in [0.2, 0.25) is 0 Å². The van der Waals surface area contributed by atoms with Crippen molar-refractivity contribution < 1.29 is 26.4 Å². The first-order chi connectivity index (χ1) is 16.9. The first kappa shape index (κ1) is 25.4. The molecule has 0 aliphatic carbocycles. The minimum atomic E-state index is -4.55. The van der Waals surface area contributed by atoms with Crippen molar-refractivity contribution in [1.29, 1.82) is 0 Å². The molecule has 6 nitrogen and oxygen atoms in total. The van der Waals surface area contributed by atoms with Gasteiger partial charge in [0.2, 0.25) is 0 Å². The molecule has 188 valence electrons. The van der Waals surface area contributed by atoms with Crippen molar-refractivity contribution in [3.63, 3.8) is 0 Å². The van der Waals surface area contributed by atoms with E-state index in [-0.39, 0.29) is 29.4 Å². The van der Waals surface area contributed by atoms with Gasteiger partial charge in [-0.05, 0) is 42.5 Å². The van der Waals surface area contributed by atoms with Gasteiger partial charge in [-0.2, -0.15) is 21.6 Å². The summed E-state index contributed by atoms with van der Waals surface area (Å²) >= 11 is 0. The van der Waals surface area contributed by atoms with Crippen LogP contribution < -0.4 is 10.2 Å². The summed E-state index contributed by atoms with van der Waals surface area (Å²) in [5.41, 5.74) is -0.438. The van der Waals surface area contributed by atoms with Gasteiger partial charge in [0.05, 0.1) is 5.56 Å². The summed E-state index contributed by atoms with van der Waals surface area (Å²) < 4.78 is 68.5. The van der Waals surface area contributed by atoms with Crippen molar-refractivity contribution in [2.24, 2.45) is 9.81 Å². The first-order valence-electron chi connectivity index (χ1n) is 11.1. The Hall–Kier alpha value is -3.66. The fourth-order valence-corrected chi connectivity index (χ4v) is 5.13. The van der Waals surface area contributed by atoms with Crippen molar-refractivity contribution in [3.05, 3.63) is 95.6 Å². The van der Waals surface area contributed by atoms with Crippen molar-refractivity contribution in [1.82, 2.24) is 5.32 Å². The van der Waals surface area contributed by atoms with Crippen LogP contribution in [0.25, 0.3) is 0 Å². The Balaban J connectivity index is 1.58. The van der Waals surface area contributed by atoms with E-state index < -0.39 is 33.1 Å². The molecule has 0 fully saturated rings. The molecule has 36 heavy (non-hydrogen) atoms. The van der Waals surface area contributed by atoms with Crippen molar-refractivity contribution in [2.45, 2.75) is 24.9 Å². The lowest BCUT2D eigenvalue weighted by Gasteiger charge is -2.34. The number of carbonyl (C=O) groups is 1. The van der Waals surface area contributed by atoms with E-state index in [9.17, 15) is 26.4 Å². The topological polar surface area (TPSA) is 78.8 Å². The average molecular weight is 516 g/mol. The Kier molecular flexibility index (Phi) is 6.66. The zero-order valence-electron chi connectivity index (χ0n) is 19.6. The summed E-state index contributed by atoms with van der Waals surface area (Å²) in [5.74, 6) is -0.361. The average Bonchev–Trinajstić information content (AvgIpc) is 3.12. The second-order valence-electron chi connectivity index (χ2n) is 9.23. The number of nitrogens with zero attached hydrogens (tertiary/aromatic N) is 2. The number of nitrogens with one attached hydrogen (secondary N) is 1. The Labute approximate surface area is 207 Å². The normalized spacial score (nSPS) is 14.6. The molecule has 1 amide bonds. The molecule has 3 aromatic carbocycles. The molecule has 0 spiro atoms. The molecule has 0 aromatic heterocycles. The predicted molar refractivity (Wildman–Crippen MR) is 132 cm³/mol. The van der Waals surface area contributed by atoms with E-state index in [2.05, 4.69) is 9.71 Å². The molecule has 1 N–H and O–H groups in total. The maximum absolute atomic E-state index is 13.0. The van der Waals surface area contributed by atoms with Gasteiger partial charge >= 0.3 is 6.18 Å². The van der Waals surface area contributed by atoms with Crippen LogP contribution in [-0.2, 0) is 16.2 Å². The number of hydrogen-bond donors (Lipinski definition) is 1. The van der Waals surface area contributed by atoms with E-state index in [0.717, 1.165) is 12.1 Å². The minimum absolute atomic E-state index is 0.0965. The molecule has 0 saturated carbocycles. The quantitative estimate of drug-likeness (QED) is 0.495. The van der Waals surface area contributed by atoms with Gasteiger partial charge in [0, 0.05) is 35.3 Å². The second-order valence-corrected chi connectivity index (χ2v) is 10.8. The van der Waals surface area contributed by atoms with Gasteiger partial charge in [-0.3, -0.25) is 4.79 Å². The molecule has 3 aromatic rings. The molecule has 0 bridgehead atoms. The van der Waals surface area contributed by atoms with E-state index >= 15 is 0 Å². The number of benzene rings is 3. The third-order valence-corrected chi connectivity index (χ3v) is 7.03. The predicted octanol–water partition coefficient (Wildman–Crippen LogP) is 5.12. The Bertz CT molecular complexity index is 1420. The van der Waals surface area contributed by atoms with Crippen molar-refractivity contribution in [3.8, 4) is 0 Å². The highest BCUT2D eigenvalue weighted by atomic mass is 32.2. The number of fused-ring (bicyclic) bond motifs is 1. The highest BCUT2D eigenvalue weighted by Crippen LogP contribution is 2.32. The number of amidine groups is 1. The summed E-state index contributed by atoms with van der Waals surface area (Å²) in [6, 6.07) is 19.9. The lowest BCUT2D eigenvalue weighted by atomic mass is 9.91. The summed E-state index contributed by atoms with van der Waals surface area (Å²) in [6.45, 7) is 4.12. The molecule has 10 heteroatoms. The zero-order chi connectivity index (χ0) is 26.1. The fraction of sp³-hybridized carbons (Fsp3) is 0.231. The van der Waals surface area contributed by atoms with Crippen molar-refractivity contribution in [2.75, 3.05) is 18.0 Å². The van der Waals surface area contributed by atoms with E-state index in [0.29, 0.717) is 11.3 Å². The zero-order valence-corrected chi connectivity index (χ0v) is 20.4. The summed E-state index contributed by atoms with van der Waals surface area (Å²) in [5, 5.41) is 2.71. The van der Waals surface area contributed by atoms with Gasteiger partial charge < -0.3 is 10.2 Å². The Morgan fingerprint density at radius 3 is 2.31 bits per heavy atom. The molecule has 1 heterocycles. The summed E-state index contributed by atoms with van der Waals surface area (Å²) in [7, 11) is -3.86. The number of hydrogen-bond acceptors (Lipinski definition) is 4. The van der Waals surface area contributed by atoms with Gasteiger partial charge in [0.25, 0.3) is 15.9 Å². The summed E-state index contributed by atoms with van der Waals surface area (Å²) in [4.78, 5) is 14.5. The number of amides is 1. The van der Waals surface area contributed by atoms with E-state index in [1.807, 2.05) is 44.2 Å². The van der Waals surface area contributed by atoms with Gasteiger partial charge in [-0.1, -0.05) is 50.2 Å². The van der Waals surface area contributed by atoms with Crippen LogP contribution in [0.15, 0.2) is 88.2 Å². The number of carbonyl (C=O) groups excluding carboxylic acids is 1. The third kappa shape index (κ3) is 5.43. The van der Waals surface area contributed by atoms with Crippen LogP contribution in [0.5, 0.6) is 0 Å². The third-order valence-electron chi connectivity index (χ3n) is 5.70. The SMILES string of the molecule is CC(C)(CNC(=O)c1cccc(C(F)(F)F)c1)CN(C1=NS(=O)(=O)c2ccccc21)c1ccccc1. The Morgan fingerprint density at radius 2 is 1.61 bits per heavy atom. The number of sulfonamides is 1. The largest absolute Gasteiger partial charge is 0.416 e. The van der Waals surface area contributed by atoms with Gasteiger partial charge in [0.1, 0.15) is 4.90 Å². The molecule has 0 atom stereocenters. The molecule has 0 saturated heterocycles. The van der Waals surface area contributed by atoms with Crippen LogP contribution in [0.4, 0.5) is 18.9 Å². The highest BCUT2D eigenvalue weighted by Gasteiger charge is 2.35. The first-order valence-corrected chi connectivity index (χ1v) is 12.5. The number of anilines is 1. The lowest BCUT2D eigenvalue weighted by molar-refractivity contribution is -0.137. The lowest BCUT2D eigenvalue weighted by Crippen LogP contribution is -2.44. The van der Waals surface area contributed by atoms with Crippen LogP contribution in [0, 0.1) is 5.41 Å². The molecule has 1 aliphatic rings. The number of rotatable bonds is 6.